The molecule has 3 aliphatic rings. The van der Waals surface area contributed by atoms with Crippen LogP contribution in [0.4, 0.5) is 30.7 Å². The first-order valence-electron chi connectivity index (χ1n) is 11.1. The quantitative estimate of drug-likeness (QED) is 0.541. The third-order valence-electron chi connectivity index (χ3n) is 6.52. The Hall–Kier alpha value is -2.44. The monoisotopic (exact) mass is 494 g/mol. The molecule has 0 aromatic carbocycles. The largest absolute Gasteiger partial charge is 0.433 e. The average Bonchev–Trinajstić information content (AvgIpc) is 2.74. The maximum absolute atomic E-state index is 13.9. The topological polar surface area (TPSA) is 87.7 Å². The molecule has 1 atom stereocenters. The molecule has 0 spiro atoms. The minimum absolute atomic E-state index is 0.0203. The van der Waals surface area contributed by atoms with Gasteiger partial charge in [0.25, 0.3) is 0 Å². The second-order valence-electron chi connectivity index (χ2n) is 9.12. The fourth-order valence-corrected chi connectivity index (χ4v) is 4.69. The molecule has 2 fully saturated rings. The molecule has 1 aromatic heterocycles. The number of hydrogen-bond acceptors (Lipinski definition) is 6. The highest BCUT2D eigenvalue weighted by molar-refractivity contribution is 6.08. The third kappa shape index (κ3) is 5.44. The normalized spacial score (nSPS) is 28.1. The third-order valence-corrected chi connectivity index (χ3v) is 6.52. The van der Waals surface area contributed by atoms with Gasteiger partial charge >= 0.3 is 6.18 Å². The number of nitrogens with one attached hydrogen (secondary N) is 2. The zero-order valence-corrected chi connectivity index (χ0v) is 18.1. The molecule has 13 heteroatoms. The van der Waals surface area contributed by atoms with Crippen LogP contribution in [0.25, 0.3) is 0 Å². The van der Waals surface area contributed by atoms with Crippen LogP contribution < -0.4 is 16.4 Å². The van der Waals surface area contributed by atoms with E-state index < -0.39 is 54.3 Å². The van der Waals surface area contributed by atoms with E-state index in [-0.39, 0.29) is 56.0 Å². The van der Waals surface area contributed by atoms with Gasteiger partial charge in [0.15, 0.2) is 11.8 Å². The molecule has 0 amide bonds. The highest BCUT2D eigenvalue weighted by Gasteiger charge is 2.49. The number of nitrogens with zero attached hydrogens (tertiary/aromatic N) is 3. The van der Waals surface area contributed by atoms with Crippen molar-refractivity contribution in [1.29, 1.82) is 0 Å². The van der Waals surface area contributed by atoms with Crippen molar-refractivity contribution in [3.8, 4) is 0 Å². The molecule has 6 nitrogen and oxygen atoms in total. The van der Waals surface area contributed by atoms with E-state index in [9.17, 15) is 30.7 Å². The zero-order valence-electron chi connectivity index (χ0n) is 18.1. The van der Waals surface area contributed by atoms with Crippen molar-refractivity contribution in [3.63, 3.8) is 0 Å². The molecule has 2 heterocycles. The average molecular weight is 494 g/mol. The van der Waals surface area contributed by atoms with Crippen molar-refractivity contribution in [2.24, 2.45) is 21.6 Å². The lowest BCUT2D eigenvalue weighted by Gasteiger charge is -2.44. The molecule has 188 valence electrons. The lowest BCUT2D eigenvalue weighted by atomic mass is 9.81. The van der Waals surface area contributed by atoms with E-state index >= 15 is 0 Å². The van der Waals surface area contributed by atoms with Gasteiger partial charge in [-0.2, -0.15) is 13.2 Å². The molecular formula is C21H25F7N6. The second kappa shape index (κ2) is 8.65. The van der Waals surface area contributed by atoms with Crippen molar-refractivity contribution in [1.82, 2.24) is 15.6 Å². The van der Waals surface area contributed by atoms with Crippen molar-refractivity contribution in [2.45, 2.75) is 81.2 Å². The van der Waals surface area contributed by atoms with Crippen molar-refractivity contribution in [3.05, 3.63) is 29.6 Å². The number of hydrogen-bond donors (Lipinski definition) is 3. The van der Waals surface area contributed by atoms with Crippen LogP contribution in [0.15, 0.2) is 28.2 Å². The van der Waals surface area contributed by atoms with Gasteiger partial charge in [0.05, 0.1) is 0 Å². The summed E-state index contributed by atoms with van der Waals surface area (Å²) in [6, 6.07) is 2.83. The Labute approximate surface area is 191 Å². The Kier molecular flexibility index (Phi) is 6.28. The number of aliphatic imine (C=N–C) groups is 2. The molecule has 1 aliphatic heterocycles. The van der Waals surface area contributed by atoms with Gasteiger partial charge in [0.2, 0.25) is 17.6 Å². The van der Waals surface area contributed by atoms with Crippen molar-refractivity contribution >= 4 is 11.8 Å². The predicted molar refractivity (Wildman–Crippen MR) is 111 cm³/mol. The van der Waals surface area contributed by atoms with E-state index in [4.69, 9.17) is 5.73 Å². The van der Waals surface area contributed by atoms with Crippen LogP contribution in [0.2, 0.25) is 0 Å². The fourth-order valence-electron chi connectivity index (χ4n) is 4.69. The number of nitrogens with two attached hydrogens (primary N) is 1. The lowest BCUT2D eigenvalue weighted by molar-refractivity contribution is -0.141. The van der Waals surface area contributed by atoms with E-state index in [0.29, 0.717) is 0 Å². The van der Waals surface area contributed by atoms with Crippen molar-refractivity contribution in [2.75, 3.05) is 0 Å². The molecule has 4 rings (SSSR count). The first kappa shape index (κ1) is 24.7. The highest BCUT2D eigenvalue weighted by atomic mass is 19.4. The number of pyridine rings is 1. The van der Waals surface area contributed by atoms with Crippen molar-refractivity contribution < 1.29 is 30.7 Å². The van der Waals surface area contributed by atoms with Crippen LogP contribution in [-0.2, 0) is 6.18 Å². The molecule has 2 aliphatic carbocycles. The number of guanidine groups is 1. The Balaban J connectivity index is 1.70. The van der Waals surface area contributed by atoms with Gasteiger partial charge < -0.3 is 11.1 Å². The highest BCUT2D eigenvalue weighted by Crippen LogP contribution is 2.43. The van der Waals surface area contributed by atoms with Gasteiger partial charge in [-0.25, -0.2) is 32.5 Å². The molecular weight excluding hydrogens is 469 g/mol. The zero-order chi connectivity index (χ0) is 24.8. The number of halogens is 7. The molecule has 1 aromatic rings. The molecule has 0 saturated heterocycles. The Bertz CT molecular complexity index is 957. The van der Waals surface area contributed by atoms with E-state index in [1.165, 1.54) is 6.07 Å². The Morgan fingerprint density at radius 2 is 1.50 bits per heavy atom. The Morgan fingerprint density at radius 1 is 0.912 bits per heavy atom. The van der Waals surface area contributed by atoms with Crippen LogP contribution in [0, 0.1) is 5.92 Å². The Morgan fingerprint density at radius 3 is 2.09 bits per heavy atom. The molecule has 0 bridgehead atoms. The molecule has 0 radical (unpaired) electrons. The molecule has 1 unspecified atom stereocenters. The molecule has 4 N–H and O–H groups in total. The fraction of sp³-hybridized carbons (Fsp3) is 0.667. The predicted octanol–water partition coefficient (Wildman–Crippen LogP) is 4.41. The van der Waals surface area contributed by atoms with E-state index in [1.807, 2.05) is 0 Å². The number of alkyl halides is 7. The van der Waals surface area contributed by atoms with E-state index in [1.54, 1.807) is 0 Å². The van der Waals surface area contributed by atoms with E-state index in [0.717, 1.165) is 12.1 Å². The van der Waals surface area contributed by atoms with Crippen LogP contribution in [-0.4, -0.2) is 40.5 Å². The van der Waals surface area contributed by atoms with Crippen LogP contribution in [0.1, 0.15) is 62.8 Å². The smallest absolute Gasteiger partial charge is 0.370 e. The first-order valence-corrected chi connectivity index (χ1v) is 11.1. The maximum Gasteiger partial charge on any atom is 0.433 e. The van der Waals surface area contributed by atoms with Gasteiger partial charge in [-0.3, -0.25) is 5.32 Å². The molecule has 34 heavy (non-hydrogen) atoms. The second-order valence-corrected chi connectivity index (χ2v) is 9.12. The standard InChI is InChI=1S/C21H25F7N6/c22-18(23)8-4-12(5-9-18)21(32-13-6-10-19(24,25)11-7-13)33-16(31-17(29)34-21)14-2-1-3-15(30-14)20(26,27)28/h1-3,12-13,32H,4-11H2,(H3,29,31,33,34). The summed E-state index contributed by atoms with van der Waals surface area (Å²) in [4.78, 5) is 12.5. The van der Waals surface area contributed by atoms with E-state index in [2.05, 4.69) is 25.6 Å². The number of aromatic nitrogens is 1. The van der Waals surface area contributed by atoms with Crippen LogP contribution >= 0.6 is 0 Å². The summed E-state index contributed by atoms with van der Waals surface area (Å²) < 4.78 is 94.6. The lowest BCUT2D eigenvalue weighted by Crippen LogP contribution is -2.60. The van der Waals surface area contributed by atoms with Gasteiger partial charge in [-0.05, 0) is 37.8 Å². The molecule has 2 saturated carbocycles. The van der Waals surface area contributed by atoms with Gasteiger partial charge in [0.1, 0.15) is 11.4 Å². The first-order chi connectivity index (χ1) is 15.8. The van der Waals surface area contributed by atoms with Crippen LogP contribution in [0.5, 0.6) is 0 Å². The summed E-state index contributed by atoms with van der Waals surface area (Å²) in [5.74, 6) is -8.09. The van der Waals surface area contributed by atoms with Crippen LogP contribution in [0.3, 0.4) is 0 Å². The SMILES string of the molecule is NC1=NC(NC2CCC(F)(F)CC2)(C2CCC(F)(F)CC2)N=C(c2cccc(C(F)(F)F)n2)N1. The van der Waals surface area contributed by atoms with Gasteiger partial charge in [0, 0.05) is 37.6 Å². The number of amidine groups is 1. The summed E-state index contributed by atoms with van der Waals surface area (Å²) in [6.07, 6.45) is -5.99. The minimum atomic E-state index is -4.69. The minimum Gasteiger partial charge on any atom is -0.370 e. The number of rotatable bonds is 4. The summed E-state index contributed by atoms with van der Waals surface area (Å²) in [5.41, 5.74) is 4.67. The summed E-state index contributed by atoms with van der Waals surface area (Å²) >= 11 is 0. The van der Waals surface area contributed by atoms with Gasteiger partial charge in [-0.15, -0.1) is 0 Å². The summed E-state index contributed by atoms with van der Waals surface area (Å²) in [7, 11) is 0. The summed E-state index contributed by atoms with van der Waals surface area (Å²) in [5, 5.41) is 5.77. The summed E-state index contributed by atoms with van der Waals surface area (Å²) in [6.45, 7) is 0. The van der Waals surface area contributed by atoms with Gasteiger partial charge in [-0.1, -0.05) is 6.07 Å². The maximum atomic E-state index is 13.9.